The number of carbonyl (C=O) groups is 1. The van der Waals surface area contributed by atoms with Crippen LogP contribution >= 0.6 is 0 Å². The molecule has 0 bridgehead atoms. The molecule has 2 aliphatic heterocycles. The number of aliphatic hydroxyl groups is 1. The van der Waals surface area contributed by atoms with Gasteiger partial charge in [-0.15, -0.1) is 0 Å². The van der Waals surface area contributed by atoms with Gasteiger partial charge in [-0.3, -0.25) is 4.79 Å². The van der Waals surface area contributed by atoms with Crippen LogP contribution in [0.5, 0.6) is 0 Å². The van der Waals surface area contributed by atoms with Crippen LogP contribution in [-0.4, -0.2) is 59.8 Å². The van der Waals surface area contributed by atoms with Crippen molar-refractivity contribution in [3.05, 3.63) is 12.4 Å². The third kappa shape index (κ3) is 4.21. The quantitative estimate of drug-likeness (QED) is 0.804. The topological polar surface area (TPSA) is 81.6 Å². The molecular weight excluding hydrogens is 318 g/mol. The highest BCUT2D eigenvalue weighted by Gasteiger charge is 2.28. The van der Waals surface area contributed by atoms with Gasteiger partial charge < -0.3 is 20.2 Å². The van der Waals surface area contributed by atoms with Crippen molar-refractivity contribution in [1.29, 1.82) is 0 Å². The average molecular weight is 347 g/mol. The number of carbonyl (C=O) groups excluding carboxylic acids is 1. The van der Waals surface area contributed by atoms with Crippen molar-refractivity contribution in [1.82, 2.24) is 15.3 Å². The molecule has 138 valence electrons. The van der Waals surface area contributed by atoms with E-state index in [1.165, 1.54) is 0 Å². The van der Waals surface area contributed by atoms with E-state index in [2.05, 4.69) is 32.0 Å². The molecule has 0 aromatic carbocycles. The van der Waals surface area contributed by atoms with Gasteiger partial charge in [0.1, 0.15) is 18.0 Å². The third-order valence-electron chi connectivity index (χ3n) is 5.19. The summed E-state index contributed by atoms with van der Waals surface area (Å²) in [5.41, 5.74) is 0. The summed E-state index contributed by atoms with van der Waals surface area (Å²) in [6, 6.07) is 2.15. The second kappa shape index (κ2) is 8.47. The first-order valence-electron chi connectivity index (χ1n) is 9.45. The van der Waals surface area contributed by atoms with E-state index in [0.29, 0.717) is 6.54 Å². The Labute approximate surface area is 149 Å². The van der Waals surface area contributed by atoms with Crippen molar-refractivity contribution in [3.63, 3.8) is 0 Å². The van der Waals surface area contributed by atoms with Crippen molar-refractivity contribution in [3.8, 4) is 0 Å². The fourth-order valence-electron chi connectivity index (χ4n) is 3.79. The van der Waals surface area contributed by atoms with E-state index in [-0.39, 0.29) is 24.5 Å². The molecular formula is C18H29N5O2. The predicted molar refractivity (Wildman–Crippen MR) is 97.7 cm³/mol. The summed E-state index contributed by atoms with van der Waals surface area (Å²) in [4.78, 5) is 25.5. The smallest absolute Gasteiger partial charge is 0.224 e. The summed E-state index contributed by atoms with van der Waals surface area (Å²) in [5, 5.41) is 12.6. The number of rotatable bonds is 6. The van der Waals surface area contributed by atoms with Gasteiger partial charge in [0.15, 0.2) is 0 Å². The molecule has 0 aliphatic carbocycles. The SMILES string of the molecule is CCCNC(=O)[C@@H]1CCCN(c2cc(N3CCC[C@H]3CO)ncn2)C1. The van der Waals surface area contributed by atoms with Crippen molar-refractivity contribution < 1.29 is 9.90 Å². The van der Waals surface area contributed by atoms with Crippen LogP contribution in [0.4, 0.5) is 11.6 Å². The van der Waals surface area contributed by atoms with Crippen molar-refractivity contribution in [2.45, 2.75) is 45.1 Å². The number of nitrogens with one attached hydrogen (secondary N) is 1. The van der Waals surface area contributed by atoms with Gasteiger partial charge in [-0.25, -0.2) is 9.97 Å². The van der Waals surface area contributed by atoms with Crippen LogP contribution in [0.2, 0.25) is 0 Å². The lowest BCUT2D eigenvalue weighted by Gasteiger charge is -2.33. The number of aliphatic hydroxyl groups excluding tert-OH is 1. The molecule has 7 nitrogen and oxygen atoms in total. The van der Waals surface area contributed by atoms with Crippen molar-refractivity contribution >= 4 is 17.5 Å². The molecule has 2 N–H and O–H groups in total. The van der Waals surface area contributed by atoms with E-state index in [4.69, 9.17) is 0 Å². The fourth-order valence-corrected chi connectivity index (χ4v) is 3.79. The molecule has 25 heavy (non-hydrogen) atoms. The molecule has 1 amide bonds. The number of aromatic nitrogens is 2. The van der Waals surface area contributed by atoms with Crippen LogP contribution in [0.25, 0.3) is 0 Å². The van der Waals surface area contributed by atoms with Crippen LogP contribution in [0.15, 0.2) is 12.4 Å². The van der Waals surface area contributed by atoms with Gasteiger partial charge in [-0.05, 0) is 32.1 Å². The van der Waals surface area contributed by atoms with E-state index < -0.39 is 0 Å². The Hall–Kier alpha value is -1.89. The van der Waals surface area contributed by atoms with Crippen LogP contribution in [0.1, 0.15) is 39.0 Å². The first-order chi connectivity index (χ1) is 12.2. The van der Waals surface area contributed by atoms with Crippen LogP contribution in [0.3, 0.4) is 0 Å². The molecule has 2 atom stereocenters. The summed E-state index contributed by atoms with van der Waals surface area (Å²) in [6.07, 6.45) is 6.56. The Morgan fingerprint density at radius 1 is 1.28 bits per heavy atom. The minimum absolute atomic E-state index is 0.0238. The van der Waals surface area contributed by atoms with Gasteiger partial charge in [0.05, 0.1) is 18.6 Å². The molecule has 1 aromatic heterocycles. The maximum Gasteiger partial charge on any atom is 0.224 e. The van der Waals surface area contributed by atoms with Crippen LogP contribution < -0.4 is 15.1 Å². The molecule has 0 saturated carbocycles. The number of hydrogen-bond acceptors (Lipinski definition) is 6. The molecule has 2 saturated heterocycles. The molecule has 7 heteroatoms. The summed E-state index contributed by atoms with van der Waals surface area (Å²) in [5.74, 6) is 1.93. The summed E-state index contributed by atoms with van der Waals surface area (Å²) in [7, 11) is 0. The highest BCUT2D eigenvalue weighted by Crippen LogP contribution is 2.27. The third-order valence-corrected chi connectivity index (χ3v) is 5.19. The Bertz CT molecular complexity index is 582. The second-order valence-electron chi connectivity index (χ2n) is 6.98. The van der Waals surface area contributed by atoms with Crippen molar-refractivity contribution in [2.75, 3.05) is 42.6 Å². The minimum Gasteiger partial charge on any atom is -0.394 e. The predicted octanol–water partition coefficient (Wildman–Crippen LogP) is 1.18. The number of amides is 1. The lowest BCUT2D eigenvalue weighted by atomic mass is 9.97. The number of nitrogens with zero attached hydrogens (tertiary/aromatic N) is 4. The van der Waals surface area contributed by atoms with Gasteiger partial charge in [-0.1, -0.05) is 6.92 Å². The zero-order valence-corrected chi connectivity index (χ0v) is 15.0. The zero-order chi connectivity index (χ0) is 17.6. The molecule has 3 heterocycles. The summed E-state index contributed by atoms with van der Waals surface area (Å²) in [6.45, 7) is 5.50. The van der Waals surface area contributed by atoms with Crippen LogP contribution in [-0.2, 0) is 4.79 Å². The van der Waals surface area contributed by atoms with E-state index in [1.54, 1.807) is 6.33 Å². The Morgan fingerprint density at radius 3 is 2.88 bits per heavy atom. The minimum atomic E-state index is 0.0238. The standard InChI is InChI=1S/C18H29N5O2/c1-2-7-19-18(25)14-5-3-8-22(11-14)16-10-17(21-13-20-16)23-9-4-6-15(23)12-24/h10,13-15,24H,2-9,11-12H2,1H3,(H,19,25)/t14-,15+/m1/s1. The van der Waals surface area contributed by atoms with Gasteiger partial charge in [-0.2, -0.15) is 0 Å². The lowest BCUT2D eigenvalue weighted by Crippen LogP contribution is -2.43. The summed E-state index contributed by atoms with van der Waals surface area (Å²) >= 11 is 0. The Kier molecular flexibility index (Phi) is 6.07. The number of hydrogen-bond donors (Lipinski definition) is 2. The second-order valence-corrected chi connectivity index (χ2v) is 6.98. The molecule has 0 spiro atoms. The van der Waals surface area contributed by atoms with Gasteiger partial charge in [0.2, 0.25) is 5.91 Å². The average Bonchev–Trinajstić information content (AvgIpc) is 3.15. The fraction of sp³-hybridized carbons (Fsp3) is 0.722. The van der Waals surface area contributed by atoms with E-state index in [0.717, 1.165) is 63.4 Å². The Morgan fingerprint density at radius 2 is 2.08 bits per heavy atom. The first-order valence-corrected chi connectivity index (χ1v) is 9.45. The van der Waals surface area contributed by atoms with E-state index >= 15 is 0 Å². The van der Waals surface area contributed by atoms with E-state index in [1.807, 2.05) is 6.07 Å². The van der Waals surface area contributed by atoms with E-state index in [9.17, 15) is 9.90 Å². The van der Waals surface area contributed by atoms with Crippen molar-refractivity contribution in [2.24, 2.45) is 5.92 Å². The number of anilines is 2. The first kappa shape index (κ1) is 17.9. The highest BCUT2D eigenvalue weighted by molar-refractivity contribution is 5.79. The lowest BCUT2D eigenvalue weighted by molar-refractivity contribution is -0.125. The molecule has 2 aliphatic rings. The molecule has 0 unspecified atom stereocenters. The number of piperidine rings is 1. The summed E-state index contributed by atoms with van der Waals surface area (Å²) < 4.78 is 0. The van der Waals surface area contributed by atoms with Gasteiger partial charge >= 0.3 is 0 Å². The maximum atomic E-state index is 12.3. The zero-order valence-electron chi connectivity index (χ0n) is 15.0. The maximum absolute atomic E-state index is 12.3. The normalized spacial score (nSPS) is 23.8. The van der Waals surface area contributed by atoms with Crippen LogP contribution in [0, 0.1) is 5.92 Å². The monoisotopic (exact) mass is 347 g/mol. The molecule has 0 radical (unpaired) electrons. The van der Waals surface area contributed by atoms with Gasteiger partial charge in [0, 0.05) is 32.2 Å². The molecule has 1 aromatic rings. The largest absolute Gasteiger partial charge is 0.394 e. The Balaban J connectivity index is 1.69. The molecule has 3 rings (SSSR count). The molecule has 2 fully saturated rings. The highest BCUT2D eigenvalue weighted by atomic mass is 16.3. The van der Waals surface area contributed by atoms with Gasteiger partial charge in [0.25, 0.3) is 0 Å².